The Labute approximate surface area is 172 Å². The summed E-state index contributed by atoms with van der Waals surface area (Å²) in [6.45, 7) is 2.78. The molecule has 0 bridgehead atoms. The molecular formula is C25H28O4. The van der Waals surface area contributed by atoms with Gasteiger partial charge in [0.25, 0.3) is 0 Å². The normalized spacial score (nSPS) is 21.9. The topological polar surface area (TPSA) is 52.6 Å². The van der Waals surface area contributed by atoms with E-state index in [1.165, 1.54) is 6.42 Å². The van der Waals surface area contributed by atoms with E-state index in [9.17, 15) is 9.59 Å². The number of ether oxygens (including phenoxy) is 2. The predicted octanol–water partition coefficient (Wildman–Crippen LogP) is 4.96. The van der Waals surface area contributed by atoms with Crippen LogP contribution in [0.25, 0.3) is 0 Å². The van der Waals surface area contributed by atoms with Crippen molar-refractivity contribution in [2.24, 2.45) is 11.8 Å². The molecule has 4 heteroatoms. The third-order valence-corrected chi connectivity index (χ3v) is 6.30. The first-order chi connectivity index (χ1) is 14.1. The van der Waals surface area contributed by atoms with Crippen molar-refractivity contribution >= 4 is 11.8 Å². The molecule has 3 atom stereocenters. The van der Waals surface area contributed by atoms with Crippen molar-refractivity contribution in [1.29, 1.82) is 0 Å². The van der Waals surface area contributed by atoms with Crippen molar-refractivity contribution in [3.05, 3.63) is 65.2 Å². The number of carbonyl (C=O) groups is 2. The van der Waals surface area contributed by atoms with Gasteiger partial charge in [0.15, 0.2) is 5.78 Å². The number of benzene rings is 2. The molecule has 1 saturated carbocycles. The molecule has 0 spiro atoms. The van der Waals surface area contributed by atoms with E-state index in [4.69, 9.17) is 9.47 Å². The van der Waals surface area contributed by atoms with E-state index >= 15 is 0 Å². The number of carbonyl (C=O) groups excluding carboxylic acids is 2. The van der Waals surface area contributed by atoms with E-state index in [0.717, 1.165) is 30.4 Å². The first-order valence-corrected chi connectivity index (χ1v) is 10.6. The smallest absolute Gasteiger partial charge is 0.313 e. The van der Waals surface area contributed by atoms with Crippen LogP contribution < -0.4 is 4.74 Å². The highest BCUT2D eigenvalue weighted by molar-refractivity contribution is 6.01. The van der Waals surface area contributed by atoms with Crippen molar-refractivity contribution in [1.82, 2.24) is 0 Å². The standard InChI is InChI=1S/C25H28O4/c1-17(25(27)28-14-13-18-7-3-2-4-8-18)19-11-12-22-23(15-19)29-16-20-9-5-6-10-21(20)24(22)26/h2-4,7-8,11-12,15,17,20-21H,5-6,9-10,13-14,16H2,1H3. The molecule has 1 aliphatic heterocycles. The number of rotatable bonds is 5. The van der Waals surface area contributed by atoms with Crippen LogP contribution in [-0.2, 0) is 16.0 Å². The molecule has 152 valence electrons. The Morgan fingerprint density at radius 3 is 2.76 bits per heavy atom. The van der Waals surface area contributed by atoms with E-state index < -0.39 is 5.92 Å². The molecule has 0 N–H and O–H groups in total. The zero-order chi connectivity index (χ0) is 20.2. The summed E-state index contributed by atoms with van der Waals surface area (Å²) in [4.78, 5) is 25.5. The third-order valence-electron chi connectivity index (χ3n) is 6.30. The summed E-state index contributed by atoms with van der Waals surface area (Å²) in [5.74, 6) is 0.552. The number of hydrogen-bond donors (Lipinski definition) is 0. The molecule has 1 heterocycles. The van der Waals surface area contributed by atoms with Gasteiger partial charge in [-0.15, -0.1) is 0 Å². The van der Waals surface area contributed by atoms with Gasteiger partial charge in [0.2, 0.25) is 0 Å². The molecule has 1 aliphatic carbocycles. The fourth-order valence-electron chi connectivity index (χ4n) is 4.46. The SMILES string of the molecule is CC(C(=O)OCCc1ccccc1)c1ccc2c(c1)OCC1CCCCC1C2=O. The monoisotopic (exact) mass is 392 g/mol. The molecular weight excluding hydrogens is 364 g/mol. The molecule has 0 aromatic heterocycles. The van der Waals surface area contributed by atoms with Gasteiger partial charge >= 0.3 is 5.97 Å². The Morgan fingerprint density at radius 2 is 1.93 bits per heavy atom. The lowest BCUT2D eigenvalue weighted by molar-refractivity contribution is -0.144. The second-order valence-corrected chi connectivity index (χ2v) is 8.21. The lowest BCUT2D eigenvalue weighted by Crippen LogP contribution is -2.28. The summed E-state index contributed by atoms with van der Waals surface area (Å²) in [5.41, 5.74) is 2.63. The zero-order valence-electron chi connectivity index (χ0n) is 16.9. The molecule has 2 aromatic rings. The Hall–Kier alpha value is -2.62. The van der Waals surface area contributed by atoms with Gasteiger partial charge in [-0.1, -0.05) is 49.2 Å². The van der Waals surface area contributed by atoms with E-state index in [1.807, 2.05) is 55.5 Å². The summed E-state index contributed by atoms with van der Waals surface area (Å²) in [7, 11) is 0. The maximum absolute atomic E-state index is 13.0. The first-order valence-electron chi connectivity index (χ1n) is 10.6. The Morgan fingerprint density at radius 1 is 1.14 bits per heavy atom. The maximum Gasteiger partial charge on any atom is 0.313 e. The van der Waals surface area contributed by atoms with Crippen LogP contribution in [0.5, 0.6) is 5.75 Å². The average Bonchev–Trinajstić information content (AvgIpc) is 2.90. The van der Waals surface area contributed by atoms with E-state index in [-0.39, 0.29) is 17.7 Å². The van der Waals surface area contributed by atoms with Gasteiger partial charge < -0.3 is 9.47 Å². The van der Waals surface area contributed by atoms with Crippen molar-refractivity contribution in [3.63, 3.8) is 0 Å². The maximum atomic E-state index is 13.0. The molecule has 0 radical (unpaired) electrons. The van der Waals surface area contributed by atoms with Crippen LogP contribution >= 0.6 is 0 Å². The second-order valence-electron chi connectivity index (χ2n) is 8.21. The molecule has 0 saturated heterocycles. The molecule has 29 heavy (non-hydrogen) atoms. The predicted molar refractivity (Wildman–Crippen MR) is 111 cm³/mol. The highest BCUT2D eigenvalue weighted by atomic mass is 16.5. The molecule has 4 rings (SSSR count). The first kappa shape index (κ1) is 19.7. The lowest BCUT2D eigenvalue weighted by Gasteiger charge is -2.27. The molecule has 4 nitrogen and oxygen atoms in total. The number of Topliss-reactive ketones (excluding diaryl/α,β-unsaturated/α-hetero) is 1. The highest BCUT2D eigenvalue weighted by Crippen LogP contribution is 2.38. The summed E-state index contributed by atoms with van der Waals surface area (Å²) in [5, 5.41) is 0. The molecule has 2 aliphatic rings. The van der Waals surface area contributed by atoms with Crippen molar-refractivity contribution < 1.29 is 19.1 Å². The minimum Gasteiger partial charge on any atom is -0.493 e. The highest BCUT2D eigenvalue weighted by Gasteiger charge is 2.36. The van der Waals surface area contributed by atoms with Crippen LogP contribution in [0.1, 0.15) is 60.0 Å². The van der Waals surface area contributed by atoms with E-state index in [0.29, 0.717) is 36.9 Å². The van der Waals surface area contributed by atoms with E-state index in [2.05, 4.69) is 0 Å². The number of fused-ring (bicyclic) bond motifs is 2. The fourth-order valence-corrected chi connectivity index (χ4v) is 4.46. The largest absolute Gasteiger partial charge is 0.493 e. The van der Waals surface area contributed by atoms with Gasteiger partial charge in [0.1, 0.15) is 5.75 Å². The summed E-state index contributed by atoms with van der Waals surface area (Å²) in [6.07, 6.45) is 5.00. The van der Waals surface area contributed by atoms with Crippen LogP contribution in [-0.4, -0.2) is 25.0 Å². The van der Waals surface area contributed by atoms with Gasteiger partial charge in [0.05, 0.1) is 24.7 Å². The molecule has 3 unspecified atom stereocenters. The van der Waals surface area contributed by atoms with Crippen molar-refractivity contribution in [2.45, 2.75) is 44.9 Å². The molecule has 2 aromatic carbocycles. The van der Waals surface area contributed by atoms with Crippen LogP contribution in [0.2, 0.25) is 0 Å². The van der Waals surface area contributed by atoms with Gasteiger partial charge in [-0.05, 0) is 43.0 Å². The van der Waals surface area contributed by atoms with Gasteiger partial charge in [-0.3, -0.25) is 9.59 Å². The summed E-state index contributed by atoms with van der Waals surface area (Å²) in [6, 6.07) is 15.5. The quantitative estimate of drug-likeness (QED) is 0.675. The molecule has 0 amide bonds. The summed E-state index contributed by atoms with van der Waals surface area (Å²) >= 11 is 0. The Bertz CT molecular complexity index is 874. The number of esters is 1. The van der Waals surface area contributed by atoms with Crippen molar-refractivity contribution in [3.8, 4) is 5.75 Å². The summed E-state index contributed by atoms with van der Waals surface area (Å²) < 4.78 is 11.5. The third kappa shape index (κ3) is 4.36. The molecule has 1 fully saturated rings. The number of ketones is 1. The van der Waals surface area contributed by atoms with Crippen LogP contribution in [0.3, 0.4) is 0 Å². The van der Waals surface area contributed by atoms with Gasteiger partial charge in [0, 0.05) is 18.3 Å². The lowest BCUT2D eigenvalue weighted by atomic mass is 9.76. The van der Waals surface area contributed by atoms with Crippen molar-refractivity contribution in [2.75, 3.05) is 13.2 Å². The average molecular weight is 392 g/mol. The van der Waals surface area contributed by atoms with Crippen LogP contribution in [0, 0.1) is 11.8 Å². The van der Waals surface area contributed by atoms with Gasteiger partial charge in [-0.2, -0.15) is 0 Å². The minimum absolute atomic E-state index is 0.0798. The number of hydrogen-bond acceptors (Lipinski definition) is 4. The minimum atomic E-state index is -0.402. The van der Waals surface area contributed by atoms with E-state index in [1.54, 1.807) is 0 Å². The van der Waals surface area contributed by atoms with Crippen LogP contribution in [0.15, 0.2) is 48.5 Å². The zero-order valence-corrected chi connectivity index (χ0v) is 16.9. The fraction of sp³-hybridized carbons (Fsp3) is 0.440. The van der Waals surface area contributed by atoms with Crippen LogP contribution in [0.4, 0.5) is 0 Å². The Kier molecular flexibility index (Phi) is 5.98. The Balaban J connectivity index is 1.42. The van der Waals surface area contributed by atoms with Gasteiger partial charge in [-0.25, -0.2) is 0 Å². The second kappa shape index (κ2) is 8.81.